The van der Waals surface area contributed by atoms with Gasteiger partial charge in [-0.05, 0) is 56.2 Å². The molecule has 0 spiro atoms. The molecule has 0 radical (unpaired) electrons. The number of aromatic nitrogens is 1. The fourth-order valence-corrected chi connectivity index (χ4v) is 4.04. The summed E-state index contributed by atoms with van der Waals surface area (Å²) in [5, 5.41) is 0. The van der Waals surface area contributed by atoms with E-state index in [1.165, 1.54) is 12.1 Å². The molecule has 1 atom stereocenters. The Bertz CT molecular complexity index is 929. The Labute approximate surface area is 180 Å². The maximum absolute atomic E-state index is 13.0. The zero-order chi connectivity index (χ0) is 21.8. The molecule has 31 heavy (non-hydrogen) atoms. The van der Waals surface area contributed by atoms with Gasteiger partial charge in [-0.25, -0.2) is 9.37 Å². The minimum Gasteiger partial charge on any atom is -0.491 e. The van der Waals surface area contributed by atoms with Crippen molar-refractivity contribution in [1.29, 1.82) is 0 Å². The predicted molar refractivity (Wildman–Crippen MR) is 113 cm³/mol. The number of rotatable bonds is 6. The van der Waals surface area contributed by atoms with E-state index < -0.39 is 0 Å². The number of anilines is 1. The molecule has 164 valence electrons. The Morgan fingerprint density at radius 3 is 2.68 bits per heavy atom. The molecule has 1 amide bonds. The first-order valence-electron chi connectivity index (χ1n) is 10.5. The number of hydrogen-bond acceptors (Lipinski definition) is 6. The van der Waals surface area contributed by atoms with Crippen LogP contribution in [0.2, 0.25) is 0 Å². The number of carbonyl (C=O) groups is 2. The highest BCUT2D eigenvalue weighted by Gasteiger charge is 2.34. The summed E-state index contributed by atoms with van der Waals surface area (Å²) in [6.07, 6.45) is 3.08. The molecule has 2 aromatic rings. The van der Waals surface area contributed by atoms with Gasteiger partial charge in [-0.2, -0.15) is 0 Å². The molecule has 3 heterocycles. The van der Waals surface area contributed by atoms with Gasteiger partial charge in [0.25, 0.3) is 0 Å². The minimum atomic E-state index is -0.312. The molecule has 2 saturated heterocycles. The summed E-state index contributed by atoms with van der Waals surface area (Å²) >= 11 is 0. The number of ether oxygens (including phenoxy) is 2. The second-order valence-electron chi connectivity index (χ2n) is 7.92. The quantitative estimate of drug-likeness (QED) is 0.660. The smallest absolute Gasteiger partial charge is 0.248 e. The summed E-state index contributed by atoms with van der Waals surface area (Å²) in [4.78, 5) is 32.6. The zero-order valence-corrected chi connectivity index (χ0v) is 17.5. The minimum absolute atomic E-state index is 0.00631. The summed E-state index contributed by atoms with van der Waals surface area (Å²) in [6, 6.07) is 9.53. The molecule has 8 heteroatoms. The lowest BCUT2D eigenvalue weighted by Gasteiger charge is -2.42. The SMILES string of the molecule is CC(=O)c1ccnc(N2CCC(N3CC(COc4ccc(F)cc4)OCC3=O)CC2)c1. The first-order valence-corrected chi connectivity index (χ1v) is 10.5. The van der Waals surface area contributed by atoms with Crippen LogP contribution in [0.4, 0.5) is 10.2 Å². The van der Waals surface area contributed by atoms with E-state index in [0.29, 0.717) is 24.5 Å². The summed E-state index contributed by atoms with van der Waals surface area (Å²) in [5.41, 5.74) is 0.652. The number of pyridine rings is 1. The highest BCUT2D eigenvalue weighted by Crippen LogP contribution is 2.24. The van der Waals surface area contributed by atoms with E-state index in [1.54, 1.807) is 31.3 Å². The van der Waals surface area contributed by atoms with Gasteiger partial charge < -0.3 is 19.3 Å². The number of ketones is 1. The van der Waals surface area contributed by atoms with Crippen LogP contribution in [0.3, 0.4) is 0 Å². The van der Waals surface area contributed by atoms with E-state index in [9.17, 15) is 14.0 Å². The number of carbonyl (C=O) groups excluding carboxylic acids is 2. The number of morpholine rings is 1. The predicted octanol–water partition coefficient (Wildman–Crippen LogP) is 2.70. The summed E-state index contributed by atoms with van der Waals surface area (Å²) in [7, 11) is 0. The lowest BCUT2D eigenvalue weighted by molar-refractivity contribution is -0.154. The monoisotopic (exact) mass is 427 g/mol. The molecule has 2 fully saturated rings. The Morgan fingerprint density at radius 2 is 1.97 bits per heavy atom. The zero-order valence-electron chi connectivity index (χ0n) is 17.5. The molecule has 4 rings (SSSR count). The van der Waals surface area contributed by atoms with Gasteiger partial charge in [0.05, 0.1) is 6.54 Å². The maximum atomic E-state index is 13.0. The third-order valence-corrected chi connectivity index (χ3v) is 5.79. The van der Waals surface area contributed by atoms with E-state index >= 15 is 0 Å². The van der Waals surface area contributed by atoms with Gasteiger partial charge in [0.2, 0.25) is 5.91 Å². The van der Waals surface area contributed by atoms with Crippen molar-refractivity contribution in [2.75, 3.05) is 37.7 Å². The number of nitrogens with zero attached hydrogens (tertiary/aromatic N) is 3. The Hall–Kier alpha value is -3.00. The van der Waals surface area contributed by atoms with Crippen molar-refractivity contribution in [1.82, 2.24) is 9.88 Å². The van der Waals surface area contributed by atoms with Gasteiger partial charge in [-0.3, -0.25) is 9.59 Å². The van der Waals surface area contributed by atoms with Crippen LogP contribution in [0, 0.1) is 5.82 Å². The third-order valence-electron chi connectivity index (χ3n) is 5.79. The van der Waals surface area contributed by atoms with Crippen molar-refractivity contribution >= 4 is 17.5 Å². The molecule has 1 unspecified atom stereocenters. The lowest BCUT2D eigenvalue weighted by atomic mass is 10.0. The van der Waals surface area contributed by atoms with E-state index in [2.05, 4.69) is 9.88 Å². The molecule has 1 aromatic heterocycles. The van der Waals surface area contributed by atoms with Crippen LogP contribution >= 0.6 is 0 Å². The van der Waals surface area contributed by atoms with Crippen molar-refractivity contribution < 1.29 is 23.5 Å². The first kappa shape index (κ1) is 21.2. The highest BCUT2D eigenvalue weighted by atomic mass is 19.1. The number of hydrogen-bond donors (Lipinski definition) is 0. The van der Waals surface area contributed by atoms with E-state index in [1.807, 2.05) is 11.0 Å². The average Bonchev–Trinajstić information content (AvgIpc) is 2.80. The Balaban J connectivity index is 1.31. The molecule has 2 aliphatic rings. The number of Topliss-reactive ketones (excluding diaryl/α,β-unsaturated/α-hetero) is 1. The van der Waals surface area contributed by atoms with Crippen LogP contribution in [-0.2, 0) is 9.53 Å². The Morgan fingerprint density at radius 1 is 1.23 bits per heavy atom. The summed E-state index contributed by atoms with van der Waals surface area (Å²) in [6.45, 7) is 3.89. The van der Waals surface area contributed by atoms with Crippen LogP contribution < -0.4 is 9.64 Å². The van der Waals surface area contributed by atoms with Gasteiger partial charge in [0.15, 0.2) is 5.78 Å². The molecular formula is C23H26FN3O4. The molecule has 1 aromatic carbocycles. The van der Waals surface area contributed by atoms with Gasteiger partial charge >= 0.3 is 0 Å². The molecular weight excluding hydrogens is 401 g/mol. The van der Waals surface area contributed by atoms with Crippen molar-refractivity contribution in [3.05, 3.63) is 54.0 Å². The van der Waals surface area contributed by atoms with Gasteiger partial charge in [-0.1, -0.05) is 0 Å². The maximum Gasteiger partial charge on any atom is 0.248 e. The largest absolute Gasteiger partial charge is 0.491 e. The standard InChI is InChI=1S/C23H26FN3O4/c1-16(28)17-6-9-25-22(12-17)26-10-7-19(8-11-26)27-13-21(31-15-23(27)29)14-30-20-4-2-18(24)3-5-20/h2-6,9,12,19,21H,7-8,10-11,13-15H2,1H3. The Kier molecular flexibility index (Phi) is 6.46. The highest BCUT2D eigenvalue weighted by molar-refractivity contribution is 5.94. The van der Waals surface area contributed by atoms with E-state index in [4.69, 9.17) is 9.47 Å². The van der Waals surface area contributed by atoms with E-state index in [-0.39, 0.29) is 36.3 Å². The summed E-state index contributed by atoms with van der Waals surface area (Å²) in [5.74, 6) is 1.07. The molecule has 7 nitrogen and oxygen atoms in total. The van der Waals surface area contributed by atoms with Crippen molar-refractivity contribution in [3.8, 4) is 5.75 Å². The topological polar surface area (TPSA) is 72.0 Å². The van der Waals surface area contributed by atoms with Crippen molar-refractivity contribution in [3.63, 3.8) is 0 Å². The molecule has 0 aliphatic carbocycles. The van der Waals surface area contributed by atoms with Crippen LogP contribution in [-0.4, -0.2) is 66.6 Å². The first-order chi connectivity index (χ1) is 15.0. The van der Waals surface area contributed by atoms with Crippen LogP contribution in [0.15, 0.2) is 42.6 Å². The second-order valence-corrected chi connectivity index (χ2v) is 7.92. The molecule has 2 aliphatic heterocycles. The molecule has 0 bridgehead atoms. The number of amides is 1. The average molecular weight is 427 g/mol. The van der Waals surface area contributed by atoms with E-state index in [0.717, 1.165) is 31.7 Å². The van der Waals surface area contributed by atoms with Crippen LogP contribution in [0.1, 0.15) is 30.1 Å². The molecule has 0 saturated carbocycles. The van der Waals surface area contributed by atoms with Gasteiger partial charge in [0.1, 0.15) is 36.7 Å². The summed E-state index contributed by atoms with van der Waals surface area (Å²) < 4.78 is 24.4. The normalized spacial score (nSPS) is 20.1. The number of halogens is 1. The fourth-order valence-electron chi connectivity index (χ4n) is 4.04. The fraction of sp³-hybridized carbons (Fsp3) is 0.435. The van der Waals surface area contributed by atoms with Crippen LogP contribution in [0.5, 0.6) is 5.75 Å². The molecule has 0 N–H and O–H groups in total. The van der Waals surface area contributed by atoms with Crippen LogP contribution in [0.25, 0.3) is 0 Å². The number of benzene rings is 1. The second kappa shape index (κ2) is 9.43. The van der Waals surface area contributed by atoms with Crippen molar-refractivity contribution in [2.45, 2.75) is 31.9 Å². The van der Waals surface area contributed by atoms with Gasteiger partial charge in [0, 0.05) is 30.9 Å². The van der Waals surface area contributed by atoms with Gasteiger partial charge in [-0.15, -0.1) is 0 Å². The third kappa shape index (κ3) is 5.19. The lowest BCUT2D eigenvalue weighted by Crippen LogP contribution is -2.55. The number of piperidine rings is 1. The van der Waals surface area contributed by atoms with Crippen molar-refractivity contribution in [2.24, 2.45) is 0 Å².